The maximum absolute atomic E-state index is 9.44. The van der Waals surface area contributed by atoms with Crippen LogP contribution in [-0.2, 0) is 9.59 Å². The third kappa shape index (κ3) is 23.2. The third-order valence-corrected chi connectivity index (χ3v) is 0.651. The van der Waals surface area contributed by atoms with Gasteiger partial charge in [-0.2, -0.15) is 0 Å². The second-order valence-electron chi connectivity index (χ2n) is 1.73. The van der Waals surface area contributed by atoms with Crippen molar-refractivity contribution in [3.8, 4) is 0 Å². The first-order valence-electron chi connectivity index (χ1n) is 3.20. The summed E-state index contributed by atoms with van der Waals surface area (Å²) in [5.41, 5.74) is 0. The fraction of sp³-hybridized carbons (Fsp3) is 0.667. The maximum atomic E-state index is 9.44. The summed E-state index contributed by atoms with van der Waals surface area (Å²) in [5, 5.41) is 31.2. The van der Waals surface area contributed by atoms with E-state index in [1.165, 1.54) is 0 Å². The quantitative estimate of drug-likeness (QED) is 0.437. The normalized spacial score (nSPS) is 8.17. The van der Waals surface area contributed by atoms with Crippen molar-refractivity contribution in [1.29, 1.82) is 0 Å². The van der Waals surface area contributed by atoms with E-state index in [2.05, 4.69) is 0 Å². The Morgan fingerprint density at radius 2 is 1.08 bits per heavy atom. The molecule has 0 aliphatic heterocycles. The van der Waals surface area contributed by atoms with E-state index in [4.69, 9.17) is 20.4 Å². The highest BCUT2D eigenvalue weighted by Crippen LogP contribution is 1.70. The van der Waals surface area contributed by atoms with Gasteiger partial charge >= 0.3 is 11.9 Å². The van der Waals surface area contributed by atoms with Gasteiger partial charge in [0.2, 0.25) is 0 Å². The first kappa shape index (κ1) is 13.4. The van der Waals surface area contributed by atoms with Gasteiger partial charge in [0, 0.05) is 0 Å². The molecule has 12 heavy (non-hydrogen) atoms. The Morgan fingerprint density at radius 1 is 0.833 bits per heavy atom. The monoisotopic (exact) mass is 180 g/mol. The molecule has 0 radical (unpaired) electrons. The Hall–Kier alpha value is -1.14. The lowest BCUT2D eigenvalue weighted by atomic mass is 10.5. The molecular weight excluding hydrogens is 168 g/mol. The van der Waals surface area contributed by atoms with E-state index in [0.29, 0.717) is 0 Å². The van der Waals surface area contributed by atoms with Crippen molar-refractivity contribution in [3.63, 3.8) is 0 Å². The molecule has 6 heteroatoms. The summed E-state index contributed by atoms with van der Waals surface area (Å²) < 4.78 is 0. The standard InChI is InChI=1S/2C3H6O3/c2*4-2-1-3(5)6/h2*4H,1-2H2,(H,5,6). The first-order valence-corrected chi connectivity index (χ1v) is 3.20. The van der Waals surface area contributed by atoms with Gasteiger partial charge in [0.1, 0.15) is 0 Å². The number of rotatable bonds is 4. The van der Waals surface area contributed by atoms with Crippen molar-refractivity contribution in [2.75, 3.05) is 13.2 Å². The van der Waals surface area contributed by atoms with Crippen LogP contribution in [0, 0.1) is 0 Å². The molecule has 0 fully saturated rings. The zero-order valence-corrected chi connectivity index (χ0v) is 6.43. The fourth-order valence-electron chi connectivity index (χ4n) is 0.191. The number of carboxylic acids is 2. The highest BCUT2D eigenvalue weighted by molar-refractivity contribution is 5.66. The molecule has 0 saturated heterocycles. The van der Waals surface area contributed by atoms with Crippen LogP contribution in [0.2, 0.25) is 0 Å². The molecule has 0 aromatic rings. The lowest BCUT2D eigenvalue weighted by molar-refractivity contribution is -0.138. The maximum Gasteiger partial charge on any atom is 0.305 e. The minimum absolute atomic E-state index is 0.153. The van der Waals surface area contributed by atoms with Crippen molar-refractivity contribution >= 4 is 11.9 Å². The number of aliphatic hydroxyl groups is 2. The minimum atomic E-state index is -0.961. The second-order valence-corrected chi connectivity index (χ2v) is 1.73. The average molecular weight is 180 g/mol. The van der Waals surface area contributed by atoms with E-state index in [1.807, 2.05) is 0 Å². The van der Waals surface area contributed by atoms with Gasteiger partial charge in [0.15, 0.2) is 0 Å². The number of aliphatic hydroxyl groups excluding tert-OH is 2. The predicted molar refractivity (Wildman–Crippen MR) is 38.7 cm³/mol. The Labute approximate surface area is 69.1 Å². The van der Waals surface area contributed by atoms with Crippen molar-refractivity contribution in [2.24, 2.45) is 0 Å². The van der Waals surface area contributed by atoms with Crippen LogP contribution in [0.25, 0.3) is 0 Å². The zero-order valence-electron chi connectivity index (χ0n) is 6.43. The average Bonchev–Trinajstić information content (AvgIpc) is 1.87. The van der Waals surface area contributed by atoms with Crippen molar-refractivity contribution in [1.82, 2.24) is 0 Å². The van der Waals surface area contributed by atoms with E-state index in [9.17, 15) is 9.59 Å². The molecule has 0 bridgehead atoms. The second kappa shape index (κ2) is 9.86. The van der Waals surface area contributed by atoms with Crippen LogP contribution in [0.3, 0.4) is 0 Å². The summed E-state index contributed by atoms with van der Waals surface area (Å²) in [4.78, 5) is 18.9. The molecule has 0 saturated carbocycles. The Bertz CT molecular complexity index is 116. The van der Waals surface area contributed by atoms with Gasteiger partial charge in [0.25, 0.3) is 0 Å². The number of hydrogen-bond donors (Lipinski definition) is 4. The predicted octanol–water partition coefficient (Wildman–Crippen LogP) is -1.09. The van der Waals surface area contributed by atoms with Crippen LogP contribution in [0.5, 0.6) is 0 Å². The van der Waals surface area contributed by atoms with Crippen LogP contribution >= 0.6 is 0 Å². The Balaban J connectivity index is 0. The summed E-state index contributed by atoms with van der Waals surface area (Å²) in [6.07, 6.45) is -0.306. The fourth-order valence-corrected chi connectivity index (χ4v) is 0.191. The van der Waals surface area contributed by atoms with Crippen molar-refractivity contribution < 1.29 is 30.0 Å². The molecule has 0 atom stereocenters. The van der Waals surface area contributed by atoms with Gasteiger partial charge in [-0.05, 0) is 0 Å². The smallest absolute Gasteiger partial charge is 0.305 e. The van der Waals surface area contributed by atoms with Gasteiger partial charge in [0.05, 0.1) is 26.1 Å². The van der Waals surface area contributed by atoms with E-state index in [-0.39, 0.29) is 26.1 Å². The molecule has 0 rings (SSSR count). The van der Waals surface area contributed by atoms with Gasteiger partial charge in [-0.15, -0.1) is 0 Å². The molecular formula is C6H12O6. The zero-order chi connectivity index (χ0) is 9.98. The lowest BCUT2D eigenvalue weighted by Gasteiger charge is -1.80. The summed E-state index contributed by atoms with van der Waals surface area (Å²) in [5.74, 6) is -1.92. The SMILES string of the molecule is O=C(O)CCO.O=C(O)CCO. The van der Waals surface area contributed by atoms with E-state index in [0.717, 1.165) is 0 Å². The number of hydrogen-bond acceptors (Lipinski definition) is 4. The first-order chi connectivity index (χ1) is 5.54. The van der Waals surface area contributed by atoms with Crippen LogP contribution in [0.1, 0.15) is 12.8 Å². The van der Waals surface area contributed by atoms with Crippen molar-refractivity contribution in [3.05, 3.63) is 0 Å². The Kier molecular flexibility index (Phi) is 11.1. The number of carbonyl (C=O) groups is 2. The molecule has 72 valence electrons. The lowest BCUT2D eigenvalue weighted by Crippen LogP contribution is -1.96. The number of aliphatic carboxylic acids is 2. The highest BCUT2D eigenvalue weighted by Gasteiger charge is 1.89. The molecule has 4 N–H and O–H groups in total. The number of carboxylic acid groups (broad SMARTS) is 2. The van der Waals surface area contributed by atoms with Crippen LogP contribution in [-0.4, -0.2) is 45.6 Å². The Morgan fingerprint density at radius 3 is 1.08 bits per heavy atom. The molecule has 0 aliphatic carbocycles. The molecule has 0 aliphatic rings. The molecule has 0 aromatic carbocycles. The van der Waals surface area contributed by atoms with Crippen molar-refractivity contribution in [2.45, 2.75) is 12.8 Å². The molecule has 0 aromatic heterocycles. The summed E-state index contributed by atoms with van der Waals surface area (Å²) in [6.45, 7) is -0.537. The van der Waals surface area contributed by atoms with E-state index >= 15 is 0 Å². The van der Waals surface area contributed by atoms with Crippen LogP contribution < -0.4 is 0 Å². The van der Waals surface area contributed by atoms with Gasteiger partial charge in [-0.25, -0.2) is 0 Å². The van der Waals surface area contributed by atoms with Crippen LogP contribution in [0.4, 0.5) is 0 Å². The highest BCUT2D eigenvalue weighted by atomic mass is 16.4. The summed E-state index contributed by atoms with van der Waals surface area (Å²) in [7, 11) is 0. The van der Waals surface area contributed by atoms with E-state index in [1.54, 1.807) is 0 Å². The topological polar surface area (TPSA) is 115 Å². The molecule has 0 spiro atoms. The largest absolute Gasteiger partial charge is 0.481 e. The summed E-state index contributed by atoms with van der Waals surface area (Å²) in [6, 6.07) is 0. The molecule has 6 nitrogen and oxygen atoms in total. The summed E-state index contributed by atoms with van der Waals surface area (Å²) >= 11 is 0. The molecule has 0 heterocycles. The van der Waals surface area contributed by atoms with Gasteiger partial charge in [-0.3, -0.25) is 9.59 Å². The molecule has 0 unspecified atom stereocenters. The van der Waals surface area contributed by atoms with Gasteiger partial charge in [-0.1, -0.05) is 0 Å². The van der Waals surface area contributed by atoms with E-state index < -0.39 is 11.9 Å². The minimum Gasteiger partial charge on any atom is -0.481 e. The van der Waals surface area contributed by atoms with Crippen LogP contribution in [0.15, 0.2) is 0 Å². The third-order valence-electron chi connectivity index (χ3n) is 0.651. The van der Waals surface area contributed by atoms with Gasteiger partial charge < -0.3 is 20.4 Å². The molecule has 0 amide bonds.